The van der Waals surface area contributed by atoms with E-state index in [9.17, 15) is 17.6 Å². The Kier molecular flexibility index (Phi) is 3.38. The topological polar surface area (TPSA) is 12.0 Å². The molecular formula is C12H13F4N. The molecule has 0 unspecified atom stereocenters. The second kappa shape index (κ2) is 4.64. The van der Waals surface area contributed by atoms with Gasteiger partial charge >= 0.3 is 6.18 Å². The lowest BCUT2D eigenvalue weighted by Gasteiger charge is -2.10. The summed E-state index contributed by atoms with van der Waals surface area (Å²) < 4.78 is 50.3. The minimum Gasteiger partial charge on any atom is -0.314 e. The van der Waals surface area contributed by atoms with Crippen molar-refractivity contribution in [3.05, 3.63) is 35.1 Å². The maximum Gasteiger partial charge on any atom is 0.419 e. The highest BCUT2D eigenvalue weighted by Gasteiger charge is 2.34. The monoisotopic (exact) mass is 247 g/mol. The van der Waals surface area contributed by atoms with E-state index in [0.29, 0.717) is 24.6 Å². The molecule has 1 nitrogen and oxygen atoms in total. The molecule has 0 amide bonds. The zero-order valence-electron chi connectivity index (χ0n) is 9.15. The van der Waals surface area contributed by atoms with Crippen LogP contribution in [0.1, 0.15) is 24.0 Å². The van der Waals surface area contributed by atoms with E-state index in [0.717, 1.165) is 25.0 Å². The summed E-state index contributed by atoms with van der Waals surface area (Å²) in [5.74, 6) is -1.21. The summed E-state index contributed by atoms with van der Waals surface area (Å²) in [5, 5.41) is 3.20. The molecule has 0 saturated heterocycles. The average Bonchev–Trinajstić information content (AvgIpc) is 3.03. The summed E-state index contributed by atoms with van der Waals surface area (Å²) in [6.07, 6.45) is -1.86. The smallest absolute Gasteiger partial charge is 0.314 e. The van der Waals surface area contributed by atoms with Crippen LogP contribution in [0.25, 0.3) is 0 Å². The van der Waals surface area contributed by atoms with Gasteiger partial charge in [0.05, 0.1) is 5.56 Å². The van der Waals surface area contributed by atoms with Crippen molar-refractivity contribution in [3.8, 4) is 0 Å². The van der Waals surface area contributed by atoms with Gasteiger partial charge in [0.1, 0.15) is 5.82 Å². The predicted molar refractivity (Wildman–Crippen MR) is 56.1 cm³/mol. The summed E-state index contributed by atoms with van der Waals surface area (Å²) in [6.45, 7) is 0.633. The maximum absolute atomic E-state index is 13.0. The molecule has 1 aromatic carbocycles. The number of hydrogen-bond acceptors (Lipinski definition) is 1. The third kappa shape index (κ3) is 3.43. The van der Waals surface area contributed by atoms with Crippen molar-refractivity contribution >= 4 is 0 Å². The van der Waals surface area contributed by atoms with Gasteiger partial charge in [0.25, 0.3) is 0 Å². The fraction of sp³-hybridized carbons (Fsp3) is 0.500. The Balaban J connectivity index is 2.01. The lowest BCUT2D eigenvalue weighted by Crippen LogP contribution is -2.19. The third-order valence-electron chi connectivity index (χ3n) is 2.76. The van der Waals surface area contributed by atoms with Crippen LogP contribution in [-0.2, 0) is 12.6 Å². The fourth-order valence-electron chi connectivity index (χ4n) is 1.65. The highest BCUT2D eigenvalue weighted by atomic mass is 19.4. The van der Waals surface area contributed by atoms with Crippen LogP contribution in [-0.4, -0.2) is 12.6 Å². The van der Waals surface area contributed by atoms with Gasteiger partial charge in [-0.15, -0.1) is 0 Å². The van der Waals surface area contributed by atoms with Gasteiger partial charge in [0, 0.05) is 6.04 Å². The highest BCUT2D eigenvalue weighted by molar-refractivity contribution is 5.27. The number of hydrogen-bond donors (Lipinski definition) is 1. The molecule has 1 aliphatic rings. The van der Waals surface area contributed by atoms with Crippen LogP contribution in [0.15, 0.2) is 18.2 Å². The van der Waals surface area contributed by atoms with Crippen LogP contribution >= 0.6 is 0 Å². The van der Waals surface area contributed by atoms with Gasteiger partial charge in [-0.2, -0.15) is 13.2 Å². The third-order valence-corrected chi connectivity index (χ3v) is 2.76. The van der Waals surface area contributed by atoms with Gasteiger partial charge in [-0.05, 0) is 43.5 Å². The Hall–Kier alpha value is -1.10. The number of rotatable bonds is 4. The highest BCUT2D eigenvalue weighted by Crippen LogP contribution is 2.31. The Labute approximate surface area is 96.8 Å². The quantitative estimate of drug-likeness (QED) is 0.806. The molecule has 0 radical (unpaired) electrons. The summed E-state index contributed by atoms with van der Waals surface area (Å²) in [6, 6.07) is 3.70. The van der Waals surface area contributed by atoms with E-state index in [-0.39, 0.29) is 0 Å². The molecule has 1 saturated carbocycles. The second-order valence-corrected chi connectivity index (χ2v) is 4.29. The first-order chi connectivity index (χ1) is 7.97. The van der Waals surface area contributed by atoms with Gasteiger partial charge in [-0.3, -0.25) is 0 Å². The van der Waals surface area contributed by atoms with Crippen LogP contribution < -0.4 is 5.32 Å². The standard InChI is InChI=1S/C12H13F4N/c13-11-4-1-8(5-6-17-9-2-3-9)7-10(11)12(14,15)16/h1,4,7,9,17H,2-3,5-6H2. The molecule has 5 heteroatoms. The summed E-state index contributed by atoms with van der Waals surface area (Å²) in [4.78, 5) is 0. The molecule has 1 N–H and O–H groups in total. The van der Waals surface area contributed by atoms with E-state index in [1.165, 1.54) is 6.07 Å². The average molecular weight is 247 g/mol. The molecule has 94 valence electrons. The first-order valence-corrected chi connectivity index (χ1v) is 5.56. The van der Waals surface area contributed by atoms with Gasteiger partial charge in [-0.25, -0.2) is 4.39 Å². The molecule has 0 atom stereocenters. The van der Waals surface area contributed by atoms with Crippen molar-refractivity contribution in [1.29, 1.82) is 0 Å². The van der Waals surface area contributed by atoms with E-state index < -0.39 is 17.6 Å². The van der Waals surface area contributed by atoms with Crippen molar-refractivity contribution in [2.24, 2.45) is 0 Å². The molecule has 2 rings (SSSR count). The minimum absolute atomic E-state index is 0.486. The van der Waals surface area contributed by atoms with Crippen molar-refractivity contribution in [3.63, 3.8) is 0 Å². The van der Waals surface area contributed by atoms with E-state index in [1.54, 1.807) is 0 Å². The number of benzene rings is 1. The molecule has 1 aliphatic carbocycles. The Morgan fingerprint density at radius 2 is 1.94 bits per heavy atom. The van der Waals surface area contributed by atoms with Gasteiger partial charge in [-0.1, -0.05) is 6.07 Å². The van der Waals surface area contributed by atoms with Crippen LogP contribution in [0.3, 0.4) is 0 Å². The molecule has 1 fully saturated rings. The van der Waals surface area contributed by atoms with E-state index in [2.05, 4.69) is 5.32 Å². The molecule has 0 aliphatic heterocycles. The van der Waals surface area contributed by atoms with Crippen LogP contribution in [0, 0.1) is 5.82 Å². The lowest BCUT2D eigenvalue weighted by atomic mass is 10.1. The first-order valence-electron chi connectivity index (χ1n) is 5.56. The van der Waals surface area contributed by atoms with Crippen molar-refractivity contribution in [2.45, 2.75) is 31.5 Å². The summed E-state index contributed by atoms with van der Waals surface area (Å²) >= 11 is 0. The number of nitrogens with one attached hydrogen (secondary N) is 1. The maximum atomic E-state index is 13.0. The molecule has 0 heterocycles. The second-order valence-electron chi connectivity index (χ2n) is 4.29. The summed E-state index contributed by atoms with van der Waals surface area (Å²) in [7, 11) is 0. The van der Waals surface area contributed by atoms with Crippen LogP contribution in [0.4, 0.5) is 17.6 Å². The van der Waals surface area contributed by atoms with Gasteiger partial charge in [0.2, 0.25) is 0 Å². The van der Waals surface area contributed by atoms with Gasteiger partial charge < -0.3 is 5.32 Å². The van der Waals surface area contributed by atoms with Crippen molar-refractivity contribution in [2.75, 3.05) is 6.54 Å². The van der Waals surface area contributed by atoms with Gasteiger partial charge in [0.15, 0.2) is 0 Å². The van der Waals surface area contributed by atoms with E-state index in [4.69, 9.17) is 0 Å². The molecule has 0 bridgehead atoms. The fourth-order valence-corrected chi connectivity index (χ4v) is 1.65. The molecule has 0 aromatic heterocycles. The predicted octanol–water partition coefficient (Wildman–Crippen LogP) is 3.14. The zero-order valence-corrected chi connectivity index (χ0v) is 9.15. The molecular weight excluding hydrogens is 234 g/mol. The Bertz CT molecular complexity index is 396. The first kappa shape index (κ1) is 12.4. The molecule has 0 spiro atoms. The van der Waals surface area contributed by atoms with Crippen molar-refractivity contribution in [1.82, 2.24) is 5.32 Å². The SMILES string of the molecule is Fc1ccc(CCNC2CC2)cc1C(F)(F)F. The molecule has 1 aromatic rings. The number of halogens is 4. The van der Waals surface area contributed by atoms with E-state index in [1.807, 2.05) is 0 Å². The molecule has 17 heavy (non-hydrogen) atoms. The largest absolute Gasteiger partial charge is 0.419 e. The lowest BCUT2D eigenvalue weighted by molar-refractivity contribution is -0.140. The van der Waals surface area contributed by atoms with E-state index >= 15 is 0 Å². The minimum atomic E-state index is -4.62. The Morgan fingerprint density at radius 1 is 1.24 bits per heavy atom. The van der Waals surface area contributed by atoms with Crippen molar-refractivity contribution < 1.29 is 17.6 Å². The number of alkyl halides is 3. The van der Waals surface area contributed by atoms with Crippen LogP contribution in [0.5, 0.6) is 0 Å². The van der Waals surface area contributed by atoms with Crippen LogP contribution in [0.2, 0.25) is 0 Å². The summed E-state index contributed by atoms with van der Waals surface area (Å²) in [5.41, 5.74) is -0.673. The normalized spacial score (nSPS) is 16.2. The Morgan fingerprint density at radius 3 is 2.53 bits per heavy atom. The zero-order chi connectivity index (χ0) is 12.5.